The predicted molar refractivity (Wildman–Crippen MR) is 54.7 cm³/mol. The normalized spacial score (nSPS) is 20.9. The maximum Gasteiger partial charge on any atom is 0.150 e. The van der Waals surface area contributed by atoms with Crippen LogP contribution in [0.3, 0.4) is 0 Å². The summed E-state index contributed by atoms with van der Waals surface area (Å²) >= 11 is 1.50. The summed E-state index contributed by atoms with van der Waals surface area (Å²) in [6.07, 6.45) is 0. The van der Waals surface area contributed by atoms with E-state index in [9.17, 15) is 8.78 Å². The summed E-state index contributed by atoms with van der Waals surface area (Å²) in [5.74, 6) is 0.352. The Morgan fingerprint density at radius 3 is 3.00 bits per heavy atom. The van der Waals surface area contributed by atoms with Crippen LogP contribution in [-0.4, -0.2) is 12.3 Å². The van der Waals surface area contributed by atoms with Crippen molar-refractivity contribution in [1.29, 1.82) is 0 Å². The lowest BCUT2D eigenvalue weighted by atomic mass is 10.2. The minimum Gasteiger partial charge on any atom is -0.381 e. The van der Waals surface area contributed by atoms with Gasteiger partial charge < -0.3 is 5.32 Å². The summed E-state index contributed by atoms with van der Waals surface area (Å²) in [5, 5.41) is 3.01. The summed E-state index contributed by atoms with van der Waals surface area (Å²) < 4.78 is 26.2. The van der Waals surface area contributed by atoms with Gasteiger partial charge in [0, 0.05) is 23.3 Å². The van der Waals surface area contributed by atoms with Crippen molar-refractivity contribution in [2.45, 2.75) is 11.8 Å². The van der Waals surface area contributed by atoms with Crippen LogP contribution < -0.4 is 5.32 Å². The Morgan fingerprint density at radius 1 is 1.43 bits per heavy atom. The Hall–Kier alpha value is -0.770. The van der Waals surface area contributed by atoms with Crippen molar-refractivity contribution in [3.63, 3.8) is 0 Å². The van der Waals surface area contributed by atoms with Crippen LogP contribution in [0.15, 0.2) is 17.0 Å². The predicted octanol–water partition coefficient (Wildman–Crippen LogP) is 3.12. The van der Waals surface area contributed by atoms with Gasteiger partial charge in [0.15, 0.2) is 0 Å². The average molecular weight is 215 g/mol. The smallest absolute Gasteiger partial charge is 0.150 e. The van der Waals surface area contributed by atoms with E-state index in [4.69, 9.17) is 0 Å². The van der Waals surface area contributed by atoms with Gasteiger partial charge in [-0.15, -0.1) is 11.8 Å². The van der Waals surface area contributed by atoms with Gasteiger partial charge in [0.25, 0.3) is 0 Å². The number of benzene rings is 1. The average Bonchev–Trinajstić information content (AvgIpc) is 2.28. The molecule has 1 heterocycles. The lowest BCUT2D eigenvalue weighted by Gasteiger charge is -2.08. The first kappa shape index (κ1) is 9.77. The molecule has 4 heteroatoms. The largest absolute Gasteiger partial charge is 0.381 e. The standard InChI is InChI=1S/C10H11F2NS/c1-6-4-13-10-8(12)2-7(11)3-9(10)14-5-6/h2-3,6,13H,4-5H2,1H3. The number of rotatable bonds is 0. The van der Waals surface area contributed by atoms with E-state index in [1.807, 2.05) is 0 Å². The number of nitrogens with one attached hydrogen (secondary N) is 1. The van der Waals surface area contributed by atoms with Crippen molar-refractivity contribution >= 4 is 17.4 Å². The summed E-state index contributed by atoms with van der Waals surface area (Å²) in [6, 6.07) is 2.30. The Bertz CT molecular complexity index is 354. The Morgan fingerprint density at radius 2 is 2.21 bits per heavy atom. The van der Waals surface area contributed by atoms with Crippen LogP contribution in [0, 0.1) is 17.6 Å². The fraction of sp³-hybridized carbons (Fsp3) is 0.400. The fourth-order valence-electron chi connectivity index (χ4n) is 1.40. The summed E-state index contributed by atoms with van der Waals surface area (Å²) in [7, 11) is 0. The number of thioether (sulfide) groups is 1. The molecular weight excluding hydrogens is 204 g/mol. The number of anilines is 1. The molecule has 0 radical (unpaired) electrons. The quantitative estimate of drug-likeness (QED) is 0.713. The van der Waals surface area contributed by atoms with Gasteiger partial charge in [-0.05, 0) is 12.0 Å². The molecule has 0 aliphatic carbocycles. The van der Waals surface area contributed by atoms with Crippen LogP contribution in [0.5, 0.6) is 0 Å². The third-order valence-electron chi connectivity index (χ3n) is 2.17. The van der Waals surface area contributed by atoms with E-state index in [0.29, 0.717) is 16.5 Å². The van der Waals surface area contributed by atoms with E-state index in [1.54, 1.807) is 0 Å². The SMILES string of the molecule is CC1CNc2c(F)cc(F)cc2SC1. The molecule has 1 aliphatic rings. The first-order valence-electron chi connectivity index (χ1n) is 4.52. The molecule has 0 saturated heterocycles. The van der Waals surface area contributed by atoms with Crippen molar-refractivity contribution < 1.29 is 8.78 Å². The summed E-state index contributed by atoms with van der Waals surface area (Å²) in [4.78, 5) is 0.673. The molecule has 1 aliphatic heterocycles. The van der Waals surface area contributed by atoms with E-state index in [1.165, 1.54) is 17.8 Å². The molecular formula is C10H11F2NS. The molecule has 0 spiro atoms. The molecule has 1 unspecified atom stereocenters. The Kier molecular flexibility index (Phi) is 2.63. The van der Waals surface area contributed by atoms with Crippen molar-refractivity contribution in [2.75, 3.05) is 17.6 Å². The molecule has 0 amide bonds. The molecule has 1 nitrogen and oxygen atoms in total. The third-order valence-corrected chi connectivity index (χ3v) is 3.54. The van der Waals surface area contributed by atoms with Gasteiger partial charge in [0.2, 0.25) is 0 Å². The van der Waals surface area contributed by atoms with Crippen LogP contribution in [0.2, 0.25) is 0 Å². The Balaban J connectivity index is 2.40. The number of fused-ring (bicyclic) bond motifs is 1. The Labute approximate surface area is 85.9 Å². The fourth-order valence-corrected chi connectivity index (χ4v) is 2.49. The van der Waals surface area contributed by atoms with Crippen molar-refractivity contribution in [3.8, 4) is 0 Å². The van der Waals surface area contributed by atoms with Crippen molar-refractivity contribution in [3.05, 3.63) is 23.8 Å². The van der Waals surface area contributed by atoms with Crippen molar-refractivity contribution in [1.82, 2.24) is 0 Å². The second-order valence-corrected chi connectivity index (χ2v) is 4.62. The minimum absolute atomic E-state index is 0.445. The number of hydrogen-bond donors (Lipinski definition) is 1. The second-order valence-electron chi connectivity index (χ2n) is 3.56. The maximum atomic E-state index is 13.3. The number of hydrogen-bond acceptors (Lipinski definition) is 2. The highest BCUT2D eigenvalue weighted by Crippen LogP contribution is 2.34. The molecule has 0 bridgehead atoms. The molecule has 2 rings (SSSR count). The highest BCUT2D eigenvalue weighted by atomic mass is 32.2. The van der Waals surface area contributed by atoms with E-state index < -0.39 is 11.6 Å². The molecule has 1 aromatic carbocycles. The third kappa shape index (κ3) is 1.85. The minimum atomic E-state index is -0.509. The zero-order valence-electron chi connectivity index (χ0n) is 7.81. The van der Waals surface area contributed by atoms with Gasteiger partial charge in [-0.3, -0.25) is 0 Å². The lowest BCUT2D eigenvalue weighted by molar-refractivity contribution is 0.579. The van der Waals surface area contributed by atoms with Gasteiger partial charge in [0.05, 0.1) is 5.69 Å². The molecule has 1 N–H and O–H groups in total. The van der Waals surface area contributed by atoms with E-state index in [-0.39, 0.29) is 0 Å². The zero-order valence-corrected chi connectivity index (χ0v) is 8.63. The van der Waals surface area contributed by atoms with Crippen LogP contribution in [0.25, 0.3) is 0 Å². The molecule has 0 fully saturated rings. The second kappa shape index (κ2) is 3.77. The van der Waals surface area contributed by atoms with E-state index >= 15 is 0 Å². The zero-order chi connectivity index (χ0) is 10.1. The summed E-state index contributed by atoms with van der Waals surface area (Å²) in [5.41, 5.74) is 0.445. The van der Waals surface area contributed by atoms with Gasteiger partial charge in [-0.1, -0.05) is 6.92 Å². The van der Waals surface area contributed by atoms with E-state index in [0.717, 1.165) is 18.4 Å². The maximum absolute atomic E-state index is 13.3. The highest BCUT2D eigenvalue weighted by molar-refractivity contribution is 7.99. The van der Waals surface area contributed by atoms with Crippen molar-refractivity contribution in [2.24, 2.45) is 5.92 Å². The molecule has 76 valence electrons. The highest BCUT2D eigenvalue weighted by Gasteiger charge is 2.17. The molecule has 14 heavy (non-hydrogen) atoms. The lowest BCUT2D eigenvalue weighted by Crippen LogP contribution is -2.11. The van der Waals surface area contributed by atoms with Crippen LogP contribution in [0.1, 0.15) is 6.92 Å². The van der Waals surface area contributed by atoms with E-state index in [2.05, 4.69) is 12.2 Å². The summed E-state index contributed by atoms with van der Waals surface area (Å²) in [6.45, 7) is 2.82. The molecule has 1 aromatic rings. The van der Waals surface area contributed by atoms with Gasteiger partial charge in [-0.2, -0.15) is 0 Å². The number of halogens is 2. The first-order chi connectivity index (χ1) is 6.66. The van der Waals surface area contributed by atoms with Gasteiger partial charge in [-0.25, -0.2) is 8.78 Å². The molecule has 0 saturated carbocycles. The monoisotopic (exact) mass is 215 g/mol. The van der Waals surface area contributed by atoms with Gasteiger partial charge >= 0.3 is 0 Å². The van der Waals surface area contributed by atoms with Crippen LogP contribution in [-0.2, 0) is 0 Å². The van der Waals surface area contributed by atoms with Crippen LogP contribution >= 0.6 is 11.8 Å². The molecule has 1 atom stereocenters. The topological polar surface area (TPSA) is 12.0 Å². The van der Waals surface area contributed by atoms with Gasteiger partial charge in [0.1, 0.15) is 11.6 Å². The molecule has 0 aromatic heterocycles. The first-order valence-corrected chi connectivity index (χ1v) is 5.51. The van der Waals surface area contributed by atoms with Crippen LogP contribution in [0.4, 0.5) is 14.5 Å².